The lowest BCUT2D eigenvalue weighted by molar-refractivity contribution is -0.133. The molecule has 3 heteroatoms. The lowest BCUT2D eigenvalue weighted by Crippen LogP contribution is -2.34. The fourth-order valence-corrected chi connectivity index (χ4v) is 1.21. The Morgan fingerprint density at radius 2 is 1.92 bits per heavy atom. The Balaban J connectivity index is 3.92. The number of carbonyl (C=O) groups excluding carboxylic acids is 1. The van der Waals surface area contributed by atoms with Gasteiger partial charge in [-0.2, -0.15) is 0 Å². The van der Waals surface area contributed by atoms with Gasteiger partial charge in [0.25, 0.3) is 0 Å². The zero-order valence-corrected chi connectivity index (χ0v) is 9.06. The number of alkyl halides is 1. The molecule has 0 spiro atoms. The highest BCUT2D eigenvalue weighted by Crippen LogP contribution is 2.05. The number of carbonyl (C=O) groups is 1. The minimum absolute atomic E-state index is 0.0598. The van der Waals surface area contributed by atoms with Crippen LogP contribution in [0.3, 0.4) is 0 Å². The Morgan fingerprint density at radius 3 is 2.25 bits per heavy atom. The molecule has 2 nitrogen and oxygen atoms in total. The maximum atomic E-state index is 11.5. The van der Waals surface area contributed by atoms with E-state index in [-0.39, 0.29) is 11.8 Å². The van der Waals surface area contributed by atoms with Crippen LogP contribution in [0.5, 0.6) is 0 Å². The maximum Gasteiger partial charge on any atom is 0.226 e. The van der Waals surface area contributed by atoms with Crippen LogP contribution in [0, 0.1) is 11.8 Å². The van der Waals surface area contributed by atoms with Crippen molar-refractivity contribution in [2.24, 2.45) is 11.8 Å². The lowest BCUT2D eigenvalue weighted by Gasteiger charge is -2.21. The molecule has 0 heterocycles. The van der Waals surface area contributed by atoms with Crippen molar-refractivity contribution in [3.05, 3.63) is 0 Å². The summed E-state index contributed by atoms with van der Waals surface area (Å²) in [5.41, 5.74) is 0. The topological polar surface area (TPSA) is 20.3 Å². The molecule has 0 bridgehead atoms. The average molecular weight is 192 g/mol. The third kappa shape index (κ3) is 3.96. The maximum absolute atomic E-state index is 11.5. The molecule has 0 aromatic rings. The third-order valence-electron chi connectivity index (χ3n) is 1.67. The standard InChI is InChI=1S/C9H18ClNO/c1-7(2)6-11(4)9(12)8(3)5-10/h7-8H,5-6H2,1-4H3. The van der Waals surface area contributed by atoms with Gasteiger partial charge < -0.3 is 4.90 Å². The van der Waals surface area contributed by atoms with Crippen LogP contribution >= 0.6 is 11.6 Å². The summed E-state index contributed by atoms with van der Waals surface area (Å²) >= 11 is 5.58. The van der Waals surface area contributed by atoms with E-state index < -0.39 is 0 Å². The molecular formula is C9H18ClNO. The smallest absolute Gasteiger partial charge is 0.226 e. The minimum Gasteiger partial charge on any atom is -0.345 e. The van der Waals surface area contributed by atoms with Gasteiger partial charge in [-0.1, -0.05) is 20.8 Å². The van der Waals surface area contributed by atoms with E-state index in [0.29, 0.717) is 11.8 Å². The molecule has 0 radical (unpaired) electrons. The zero-order valence-electron chi connectivity index (χ0n) is 8.30. The number of hydrogen-bond donors (Lipinski definition) is 0. The van der Waals surface area contributed by atoms with E-state index in [1.54, 1.807) is 4.90 Å². The first kappa shape index (κ1) is 11.8. The molecule has 12 heavy (non-hydrogen) atoms. The van der Waals surface area contributed by atoms with E-state index in [2.05, 4.69) is 13.8 Å². The van der Waals surface area contributed by atoms with Gasteiger partial charge >= 0.3 is 0 Å². The van der Waals surface area contributed by atoms with Gasteiger partial charge in [0.15, 0.2) is 0 Å². The highest BCUT2D eigenvalue weighted by Gasteiger charge is 2.16. The van der Waals surface area contributed by atoms with Crippen LogP contribution in [0.25, 0.3) is 0 Å². The quantitative estimate of drug-likeness (QED) is 0.623. The van der Waals surface area contributed by atoms with E-state index >= 15 is 0 Å². The molecule has 1 atom stereocenters. The molecule has 0 aliphatic carbocycles. The van der Waals surface area contributed by atoms with Gasteiger partial charge in [-0.25, -0.2) is 0 Å². The number of halogens is 1. The van der Waals surface area contributed by atoms with Crippen molar-refractivity contribution in [2.75, 3.05) is 19.5 Å². The van der Waals surface area contributed by atoms with Gasteiger partial charge in [0, 0.05) is 25.4 Å². The van der Waals surface area contributed by atoms with Gasteiger partial charge in [0.05, 0.1) is 0 Å². The minimum atomic E-state index is -0.0598. The Kier molecular flexibility index (Phi) is 5.31. The molecular weight excluding hydrogens is 174 g/mol. The molecule has 0 aromatic carbocycles. The van der Waals surface area contributed by atoms with Gasteiger partial charge in [-0.3, -0.25) is 4.79 Å². The molecule has 0 N–H and O–H groups in total. The van der Waals surface area contributed by atoms with Crippen molar-refractivity contribution in [2.45, 2.75) is 20.8 Å². The summed E-state index contributed by atoms with van der Waals surface area (Å²) in [7, 11) is 1.82. The fraction of sp³-hybridized carbons (Fsp3) is 0.889. The summed E-state index contributed by atoms with van der Waals surface area (Å²) < 4.78 is 0. The van der Waals surface area contributed by atoms with E-state index in [1.807, 2.05) is 14.0 Å². The third-order valence-corrected chi connectivity index (χ3v) is 2.13. The largest absolute Gasteiger partial charge is 0.345 e. The van der Waals surface area contributed by atoms with Crippen molar-refractivity contribution in [1.29, 1.82) is 0 Å². The predicted molar refractivity (Wildman–Crippen MR) is 52.4 cm³/mol. The summed E-state index contributed by atoms with van der Waals surface area (Å²) in [4.78, 5) is 13.2. The van der Waals surface area contributed by atoms with Crippen molar-refractivity contribution in [1.82, 2.24) is 4.90 Å². The van der Waals surface area contributed by atoms with Gasteiger partial charge in [0.1, 0.15) is 0 Å². The first-order valence-corrected chi connectivity index (χ1v) is 4.83. The summed E-state index contributed by atoms with van der Waals surface area (Å²) in [6, 6.07) is 0. The molecule has 1 unspecified atom stereocenters. The SMILES string of the molecule is CC(C)CN(C)C(=O)C(C)CCl. The second kappa shape index (κ2) is 5.41. The summed E-state index contributed by atoms with van der Waals surface area (Å²) in [5, 5.41) is 0. The van der Waals surface area contributed by atoms with Crippen molar-refractivity contribution in [3.8, 4) is 0 Å². The van der Waals surface area contributed by atoms with E-state index in [4.69, 9.17) is 11.6 Å². The lowest BCUT2D eigenvalue weighted by atomic mass is 10.1. The Labute approximate surface area is 79.9 Å². The molecule has 0 aromatic heterocycles. The van der Waals surface area contributed by atoms with Gasteiger partial charge in [0.2, 0.25) is 5.91 Å². The molecule has 72 valence electrons. The molecule has 0 aliphatic rings. The summed E-state index contributed by atoms with van der Waals surface area (Å²) in [6.07, 6.45) is 0. The monoisotopic (exact) mass is 191 g/mol. The Bertz CT molecular complexity index is 147. The van der Waals surface area contributed by atoms with E-state index in [1.165, 1.54) is 0 Å². The van der Waals surface area contributed by atoms with Crippen LogP contribution in [-0.2, 0) is 4.79 Å². The molecule has 0 saturated carbocycles. The van der Waals surface area contributed by atoms with Gasteiger partial charge in [-0.15, -0.1) is 11.6 Å². The highest BCUT2D eigenvalue weighted by atomic mass is 35.5. The predicted octanol–water partition coefficient (Wildman–Crippen LogP) is 1.98. The molecule has 0 saturated heterocycles. The van der Waals surface area contributed by atoms with Crippen molar-refractivity contribution >= 4 is 17.5 Å². The number of nitrogens with zero attached hydrogens (tertiary/aromatic N) is 1. The van der Waals surface area contributed by atoms with E-state index in [0.717, 1.165) is 6.54 Å². The van der Waals surface area contributed by atoms with Crippen LogP contribution in [0.2, 0.25) is 0 Å². The number of rotatable bonds is 4. The summed E-state index contributed by atoms with van der Waals surface area (Å²) in [5.74, 6) is 0.997. The van der Waals surface area contributed by atoms with E-state index in [9.17, 15) is 4.79 Å². The van der Waals surface area contributed by atoms with Crippen LogP contribution in [-0.4, -0.2) is 30.3 Å². The summed E-state index contributed by atoms with van der Waals surface area (Å²) in [6.45, 7) is 6.84. The van der Waals surface area contributed by atoms with Crippen LogP contribution in [0.1, 0.15) is 20.8 Å². The normalized spacial score (nSPS) is 13.2. The Hall–Kier alpha value is -0.240. The average Bonchev–Trinajstić information content (AvgIpc) is 2.00. The van der Waals surface area contributed by atoms with Gasteiger partial charge in [-0.05, 0) is 5.92 Å². The van der Waals surface area contributed by atoms with Crippen LogP contribution < -0.4 is 0 Å². The highest BCUT2D eigenvalue weighted by molar-refractivity contribution is 6.19. The molecule has 0 aliphatic heterocycles. The Morgan fingerprint density at radius 1 is 1.42 bits per heavy atom. The first-order chi connectivity index (χ1) is 5.49. The second-order valence-corrected chi connectivity index (χ2v) is 3.98. The van der Waals surface area contributed by atoms with Crippen molar-refractivity contribution in [3.63, 3.8) is 0 Å². The van der Waals surface area contributed by atoms with Crippen LogP contribution in [0.15, 0.2) is 0 Å². The molecule has 1 amide bonds. The van der Waals surface area contributed by atoms with Crippen molar-refractivity contribution < 1.29 is 4.79 Å². The molecule has 0 fully saturated rings. The number of amides is 1. The first-order valence-electron chi connectivity index (χ1n) is 4.30. The number of hydrogen-bond acceptors (Lipinski definition) is 1. The zero-order chi connectivity index (χ0) is 9.72. The van der Waals surface area contributed by atoms with Crippen LogP contribution in [0.4, 0.5) is 0 Å². The fourth-order valence-electron chi connectivity index (χ4n) is 1.08. The molecule has 0 rings (SSSR count). The second-order valence-electron chi connectivity index (χ2n) is 3.67.